The molecule has 1 N–H and O–H groups in total. The van der Waals surface area contributed by atoms with E-state index in [1.54, 1.807) is 12.3 Å². The minimum Gasteiger partial charge on any atom is -0.439 e. The molecule has 6 rings (SSSR count). The minimum atomic E-state index is 0. The van der Waals surface area contributed by atoms with Crippen LogP contribution in [0.3, 0.4) is 0 Å². The zero-order chi connectivity index (χ0) is 29.1. The van der Waals surface area contributed by atoms with Crippen LogP contribution in [0.15, 0.2) is 91.1 Å². The summed E-state index contributed by atoms with van der Waals surface area (Å²) in [6, 6.07) is 27.5. The number of nitrogens with zero attached hydrogens (tertiary/aromatic N) is 4. The number of fused-ring (bicyclic) bond motifs is 1. The number of carbonyl (C=O) groups is 1. The number of amides is 1. The van der Waals surface area contributed by atoms with Gasteiger partial charge in [-0.3, -0.25) is 9.69 Å². The highest BCUT2D eigenvalue weighted by molar-refractivity contribution is 8.93. The van der Waals surface area contributed by atoms with Gasteiger partial charge in [-0.05, 0) is 53.6 Å². The number of anilines is 1. The quantitative estimate of drug-likeness (QED) is 0.181. The number of pyridine rings is 1. The molecule has 3 aromatic carbocycles. The lowest BCUT2D eigenvalue weighted by Crippen LogP contribution is -2.48. The molecule has 1 fully saturated rings. The highest BCUT2D eigenvalue weighted by Crippen LogP contribution is 2.28. The van der Waals surface area contributed by atoms with Gasteiger partial charge in [0.15, 0.2) is 0 Å². The molecule has 0 unspecified atom stereocenters. The van der Waals surface area contributed by atoms with Crippen LogP contribution in [0.5, 0.6) is 11.6 Å². The van der Waals surface area contributed by atoms with Crippen LogP contribution in [0, 0.1) is 0 Å². The topological polar surface area (TPSA) is 62.6 Å². The van der Waals surface area contributed by atoms with Crippen molar-refractivity contribution < 1.29 is 9.53 Å². The van der Waals surface area contributed by atoms with Crippen LogP contribution >= 0.6 is 40.2 Å². The highest BCUT2D eigenvalue weighted by atomic mass is 79.9. The third kappa shape index (κ3) is 7.33. The third-order valence-corrected chi connectivity index (χ3v) is 8.32. The van der Waals surface area contributed by atoms with Gasteiger partial charge in [0, 0.05) is 63.3 Å². The number of halogens is 3. The van der Waals surface area contributed by atoms with E-state index in [0.29, 0.717) is 47.0 Å². The van der Waals surface area contributed by atoms with Crippen LogP contribution in [0.4, 0.5) is 5.69 Å². The zero-order valence-corrected chi connectivity index (χ0v) is 26.9. The fourth-order valence-corrected chi connectivity index (χ4v) is 5.55. The van der Waals surface area contributed by atoms with Crippen LogP contribution in [0.2, 0.25) is 10.0 Å². The number of rotatable bonds is 8. The number of hydrogen-bond acceptors (Lipinski definition) is 5. The fraction of sp³-hybridized carbons (Fsp3) is 0.212. The van der Waals surface area contributed by atoms with Crippen molar-refractivity contribution in [1.82, 2.24) is 19.4 Å². The van der Waals surface area contributed by atoms with Crippen LogP contribution < -0.4 is 10.1 Å². The Morgan fingerprint density at radius 1 is 0.884 bits per heavy atom. The average molecular weight is 681 g/mol. The summed E-state index contributed by atoms with van der Waals surface area (Å²) < 4.78 is 8.00. The molecule has 43 heavy (non-hydrogen) atoms. The van der Waals surface area contributed by atoms with Crippen LogP contribution in [0.1, 0.15) is 21.6 Å². The number of aryl methyl sites for hydroxylation is 1. The van der Waals surface area contributed by atoms with E-state index in [-0.39, 0.29) is 22.9 Å². The van der Waals surface area contributed by atoms with Crippen molar-refractivity contribution in [1.29, 1.82) is 0 Å². The maximum Gasteiger partial charge on any atom is 0.270 e. The molecule has 1 aliphatic rings. The standard InChI is InChI=1S/C33H31Cl2N5O2.BrH/c1-38-30-11-9-27(42-32-12-8-26(21-37-32)36-20-24-7-10-28(34)29(35)17-24)18-25(30)19-31(38)33(41)40-15-13-39(14-16-40)22-23-5-3-2-4-6-23;/h2-12,17-19,21,36H,13-16,20,22H2,1H3;1H. The van der Waals surface area contributed by atoms with Gasteiger partial charge in [0.05, 0.1) is 21.9 Å². The average Bonchev–Trinajstić information content (AvgIpc) is 3.34. The summed E-state index contributed by atoms with van der Waals surface area (Å²) >= 11 is 12.1. The number of ether oxygens (including phenoxy) is 1. The van der Waals surface area contributed by atoms with E-state index in [1.807, 2.05) is 71.1 Å². The van der Waals surface area contributed by atoms with Gasteiger partial charge in [-0.1, -0.05) is 59.6 Å². The molecular weight excluding hydrogens is 649 g/mol. The van der Waals surface area contributed by atoms with Crippen LogP contribution in [0.25, 0.3) is 10.9 Å². The second kappa shape index (κ2) is 13.8. The molecule has 3 heterocycles. The number of carbonyl (C=O) groups excluding carboxylic acids is 1. The lowest BCUT2D eigenvalue weighted by atomic mass is 10.2. The number of aromatic nitrogens is 2. The molecule has 0 atom stereocenters. The SMILES string of the molecule is Br.Cn1c(C(=O)N2CCN(Cc3ccccc3)CC2)cc2cc(Oc3ccc(NCc4ccc(Cl)c(Cl)c4)cn3)ccc21. The Hall–Kier alpha value is -3.56. The summed E-state index contributed by atoms with van der Waals surface area (Å²) in [7, 11) is 1.94. The molecule has 1 saturated heterocycles. The van der Waals surface area contributed by atoms with Gasteiger partial charge in [0.1, 0.15) is 11.4 Å². The maximum atomic E-state index is 13.5. The van der Waals surface area contributed by atoms with E-state index in [4.69, 9.17) is 27.9 Å². The van der Waals surface area contributed by atoms with Crippen molar-refractivity contribution >= 4 is 62.7 Å². The van der Waals surface area contributed by atoms with Gasteiger partial charge in [-0.25, -0.2) is 4.98 Å². The van der Waals surface area contributed by atoms with Crippen molar-refractivity contribution in [3.05, 3.63) is 118 Å². The van der Waals surface area contributed by atoms with Crippen molar-refractivity contribution in [2.45, 2.75) is 13.1 Å². The van der Waals surface area contributed by atoms with Gasteiger partial charge in [0.25, 0.3) is 5.91 Å². The fourth-order valence-electron chi connectivity index (χ4n) is 5.23. The first-order chi connectivity index (χ1) is 20.4. The Labute approximate surface area is 271 Å². The number of nitrogens with one attached hydrogen (secondary N) is 1. The van der Waals surface area contributed by atoms with E-state index in [9.17, 15) is 4.79 Å². The van der Waals surface area contributed by atoms with E-state index < -0.39 is 0 Å². The molecule has 0 bridgehead atoms. The Morgan fingerprint density at radius 2 is 1.67 bits per heavy atom. The van der Waals surface area contributed by atoms with Crippen LogP contribution in [-0.2, 0) is 20.1 Å². The molecule has 5 aromatic rings. The molecule has 1 aliphatic heterocycles. The first-order valence-corrected chi connectivity index (χ1v) is 14.7. The van der Waals surface area contributed by atoms with E-state index in [1.165, 1.54) is 5.56 Å². The molecule has 0 saturated carbocycles. The van der Waals surface area contributed by atoms with Gasteiger partial charge in [0.2, 0.25) is 5.88 Å². The zero-order valence-electron chi connectivity index (χ0n) is 23.7. The normalized spacial score (nSPS) is 13.5. The molecule has 1 amide bonds. The summed E-state index contributed by atoms with van der Waals surface area (Å²) in [5.41, 5.74) is 4.82. The van der Waals surface area contributed by atoms with Gasteiger partial charge in [-0.2, -0.15) is 0 Å². The van der Waals surface area contributed by atoms with Crippen molar-refractivity contribution in [3.8, 4) is 11.6 Å². The van der Waals surface area contributed by atoms with Gasteiger partial charge in [-0.15, -0.1) is 17.0 Å². The van der Waals surface area contributed by atoms with E-state index in [0.717, 1.165) is 41.8 Å². The smallest absolute Gasteiger partial charge is 0.270 e. The third-order valence-electron chi connectivity index (χ3n) is 7.58. The predicted octanol–water partition coefficient (Wildman–Crippen LogP) is 7.82. The number of piperazine rings is 1. The van der Waals surface area contributed by atoms with E-state index >= 15 is 0 Å². The molecule has 222 valence electrons. The van der Waals surface area contributed by atoms with Crippen molar-refractivity contribution in [2.75, 3.05) is 31.5 Å². The largest absolute Gasteiger partial charge is 0.439 e. The summed E-state index contributed by atoms with van der Waals surface area (Å²) in [5.74, 6) is 1.20. The van der Waals surface area contributed by atoms with E-state index in [2.05, 4.69) is 39.5 Å². The maximum absolute atomic E-state index is 13.5. The first-order valence-electron chi connectivity index (χ1n) is 13.9. The lowest BCUT2D eigenvalue weighted by molar-refractivity contribution is 0.0619. The molecule has 7 nitrogen and oxygen atoms in total. The number of benzene rings is 3. The predicted molar refractivity (Wildman–Crippen MR) is 179 cm³/mol. The summed E-state index contributed by atoms with van der Waals surface area (Å²) in [5, 5.41) is 5.33. The number of hydrogen-bond donors (Lipinski definition) is 1. The van der Waals surface area contributed by atoms with Gasteiger partial charge < -0.3 is 19.5 Å². The lowest BCUT2D eigenvalue weighted by Gasteiger charge is -2.34. The Kier molecular flexibility index (Phi) is 9.93. The van der Waals surface area contributed by atoms with Crippen molar-refractivity contribution in [3.63, 3.8) is 0 Å². The second-order valence-corrected chi connectivity index (χ2v) is 11.3. The highest BCUT2D eigenvalue weighted by Gasteiger charge is 2.24. The summed E-state index contributed by atoms with van der Waals surface area (Å²) in [6.45, 7) is 4.65. The molecule has 0 radical (unpaired) electrons. The molecule has 0 aliphatic carbocycles. The molecule has 10 heteroatoms. The second-order valence-electron chi connectivity index (χ2n) is 10.5. The molecular formula is C33H32BrCl2N5O2. The van der Waals surface area contributed by atoms with Crippen LogP contribution in [-0.4, -0.2) is 51.4 Å². The Balaban J connectivity index is 0.00000368. The monoisotopic (exact) mass is 679 g/mol. The minimum absolute atomic E-state index is 0. The summed E-state index contributed by atoms with van der Waals surface area (Å²) in [6.07, 6.45) is 1.73. The first kappa shape index (κ1) is 30.9. The molecule has 2 aromatic heterocycles. The Bertz CT molecular complexity index is 1700. The summed E-state index contributed by atoms with van der Waals surface area (Å²) in [4.78, 5) is 22.3. The van der Waals surface area contributed by atoms with Gasteiger partial charge >= 0.3 is 0 Å². The molecule has 0 spiro atoms. The van der Waals surface area contributed by atoms with Crippen molar-refractivity contribution in [2.24, 2.45) is 7.05 Å². The Morgan fingerprint density at radius 3 is 2.40 bits per heavy atom.